The highest BCUT2D eigenvalue weighted by Crippen LogP contribution is 2.37. The van der Waals surface area contributed by atoms with Crippen LogP contribution in [0.4, 0.5) is 5.82 Å². The van der Waals surface area contributed by atoms with Gasteiger partial charge < -0.3 is 15.8 Å². The molecule has 6 nitrogen and oxygen atoms in total. The van der Waals surface area contributed by atoms with E-state index in [4.69, 9.17) is 10.9 Å². The molecule has 2 aliphatic rings. The Morgan fingerprint density at radius 1 is 1.20 bits per heavy atom. The standard InChI is InChI=1S/C14H21N5O/c15-13(18-20)12-14(17-8-7-16-12)19-9-3-6-11(19)10-4-1-2-5-10/h7-8,10-11,20H,1-6,9H2,(H2,15,18). The van der Waals surface area contributed by atoms with E-state index in [1.165, 1.54) is 38.5 Å². The SMILES string of the molecule is NC(=NO)c1nccnc1N1CCCC1C1CCCC1. The average Bonchev–Trinajstić information content (AvgIpc) is 3.16. The van der Waals surface area contributed by atoms with Crippen molar-refractivity contribution >= 4 is 11.7 Å². The summed E-state index contributed by atoms with van der Waals surface area (Å²) in [5.41, 5.74) is 6.22. The largest absolute Gasteiger partial charge is 0.409 e. The molecule has 1 saturated heterocycles. The predicted octanol–water partition coefficient (Wildman–Crippen LogP) is 1.73. The van der Waals surface area contributed by atoms with Crippen LogP contribution in [-0.2, 0) is 0 Å². The van der Waals surface area contributed by atoms with Crippen molar-refractivity contribution in [1.82, 2.24) is 9.97 Å². The molecule has 1 aromatic rings. The summed E-state index contributed by atoms with van der Waals surface area (Å²) in [4.78, 5) is 11.0. The third-order valence-corrected chi connectivity index (χ3v) is 4.54. The number of nitrogens with two attached hydrogens (primary N) is 1. The fraction of sp³-hybridized carbons (Fsp3) is 0.643. The van der Waals surface area contributed by atoms with Gasteiger partial charge >= 0.3 is 0 Å². The lowest BCUT2D eigenvalue weighted by molar-refractivity contribution is 0.318. The molecule has 0 aromatic carbocycles. The van der Waals surface area contributed by atoms with Crippen LogP contribution in [0.2, 0.25) is 0 Å². The molecular formula is C14H21N5O. The molecule has 3 N–H and O–H groups in total. The summed E-state index contributed by atoms with van der Waals surface area (Å²) in [6, 6.07) is 0.527. The molecule has 6 heteroatoms. The zero-order chi connectivity index (χ0) is 13.9. The molecule has 20 heavy (non-hydrogen) atoms. The number of oxime groups is 1. The van der Waals surface area contributed by atoms with Gasteiger partial charge in [-0.15, -0.1) is 0 Å². The third-order valence-electron chi connectivity index (χ3n) is 4.54. The maximum absolute atomic E-state index is 8.91. The molecule has 1 unspecified atom stereocenters. The summed E-state index contributed by atoms with van der Waals surface area (Å²) < 4.78 is 0. The maximum atomic E-state index is 8.91. The quantitative estimate of drug-likeness (QED) is 0.379. The van der Waals surface area contributed by atoms with Crippen LogP contribution in [0, 0.1) is 5.92 Å². The van der Waals surface area contributed by atoms with Crippen molar-refractivity contribution in [3.63, 3.8) is 0 Å². The molecule has 0 radical (unpaired) electrons. The van der Waals surface area contributed by atoms with Crippen LogP contribution < -0.4 is 10.6 Å². The molecule has 1 aliphatic carbocycles. The van der Waals surface area contributed by atoms with Gasteiger partial charge in [0.05, 0.1) is 0 Å². The van der Waals surface area contributed by atoms with E-state index in [-0.39, 0.29) is 5.84 Å². The van der Waals surface area contributed by atoms with E-state index in [1.54, 1.807) is 12.4 Å². The van der Waals surface area contributed by atoms with E-state index in [0.717, 1.165) is 18.3 Å². The summed E-state index contributed by atoms with van der Waals surface area (Å²) in [6.07, 6.45) is 10.9. The Bertz CT molecular complexity index is 498. The number of aromatic nitrogens is 2. The molecule has 1 aliphatic heterocycles. The van der Waals surface area contributed by atoms with Crippen LogP contribution in [0.5, 0.6) is 0 Å². The van der Waals surface area contributed by atoms with E-state index < -0.39 is 0 Å². The molecule has 1 saturated carbocycles. The average molecular weight is 275 g/mol. The predicted molar refractivity (Wildman–Crippen MR) is 76.9 cm³/mol. The lowest BCUT2D eigenvalue weighted by Gasteiger charge is -2.31. The van der Waals surface area contributed by atoms with Crippen molar-refractivity contribution in [3.05, 3.63) is 18.1 Å². The molecule has 3 rings (SSSR count). The molecule has 0 bridgehead atoms. The van der Waals surface area contributed by atoms with Crippen molar-refractivity contribution < 1.29 is 5.21 Å². The number of anilines is 1. The third kappa shape index (κ3) is 2.30. The summed E-state index contributed by atoms with van der Waals surface area (Å²) in [5, 5.41) is 12.0. The highest BCUT2D eigenvalue weighted by molar-refractivity contribution is 5.99. The number of hydrogen-bond acceptors (Lipinski definition) is 5. The first kappa shape index (κ1) is 13.1. The Hall–Kier alpha value is -1.85. The smallest absolute Gasteiger partial charge is 0.192 e. The van der Waals surface area contributed by atoms with Gasteiger partial charge in [0.25, 0.3) is 0 Å². The van der Waals surface area contributed by atoms with Gasteiger partial charge in [-0.2, -0.15) is 0 Å². The van der Waals surface area contributed by atoms with Crippen LogP contribution in [-0.4, -0.2) is 33.6 Å². The molecule has 2 fully saturated rings. The topological polar surface area (TPSA) is 87.6 Å². The van der Waals surface area contributed by atoms with E-state index in [9.17, 15) is 0 Å². The van der Waals surface area contributed by atoms with Crippen molar-refractivity contribution in [3.8, 4) is 0 Å². The Balaban J connectivity index is 1.91. The second-order valence-corrected chi connectivity index (χ2v) is 5.66. The zero-order valence-electron chi connectivity index (χ0n) is 11.6. The van der Waals surface area contributed by atoms with Crippen molar-refractivity contribution in [1.29, 1.82) is 0 Å². The second kappa shape index (κ2) is 5.64. The van der Waals surface area contributed by atoms with Crippen LogP contribution in [0.3, 0.4) is 0 Å². The van der Waals surface area contributed by atoms with Gasteiger partial charge in [-0.1, -0.05) is 18.0 Å². The van der Waals surface area contributed by atoms with Gasteiger partial charge in [0.1, 0.15) is 0 Å². The molecule has 1 atom stereocenters. The fourth-order valence-electron chi connectivity index (χ4n) is 3.66. The minimum Gasteiger partial charge on any atom is -0.409 e. The monoisotopic (exact) mass is 275 g/mol. The highest BCUT2D eigenvalue weighted by atomic mass is 16.4. The molecule has 2 heterocycles. The maximum Gasteiger partial charge on any atom is 0.192 e. The van der Waals surface area contributed by atoms with Gasteiger partial charge in [-0.25, -0.2) is 9.97 Å². The number of nitrogens with zero attached hydrogens (tertiary/aromatic N) is 4. The first-order chi connectivity index (χ1) is 9.81. The Morgan fingerprint density at radius 2 is 1.95 bits per heavy atom. The lowest BCUT2D eigenvalue weighted by Crippen LogP contribution is -2.37. The number of rotatable bonds is 3. The van der Waals surface area contributed by atoms with E-state index in [0.29, 0.717) is 11.7 Å². The molecule has 0 spiro atoms. The van der Waals surface area contributed by atoms with E-state index in [2.05, 4.69) is 20.0 Å². The van der Waals surface area contributed by atoms with E-state index >= 15 is 0 Å². The van der Waals surface area contributed by atoms with Gasteiger partial charge in [0.2, 0.25) is 0 Å². The molecule has 1 aromatic heterocycles. The van der Waals surface area contributed by atoms with Crippen LogP contribution in [0.1, 0.15) is 44.2 Å². The Labute approximate surface area is 118 Å². The second-order valence-electron chi connectivity index (χ2n) is 5.66. The van der Waals surface area contributed by atoms with Crippen LogP contribution in [0.25, 0.3) is 0 Å². The zero-order valence-corrected chi connectivity index (χ0v) is 11.6. The highest BCUT2D eigenvalue weighted by Gasteiger charge is 2.35. The molecule has 0 amide bonds. The van der Waals surface area contributed by atoms with Gasteiger partial charge in [0, 0.05) is 25.0 Å². The number of amidine groups is 1. The van der Waals surface area contributed by atoms with Gasteiger partial charge in [0.15, 0.2) is 17.3 Å². The van der Waals surface area contributed by atoms with Crippen molar-refractivity contribution in [2.75, 3.05) is 11.4 Å². The first-order valence-electron chi connectivity index (χ1n) is 7.37. The summed E-state index contributed by atoms with van der Waals surface area (Å²) in [6.45, 7) is 0.978. The van der Waals surface area contributed by atoms with Crippen LogP contribution in [0.15, 0.2) is 17.5 Å². The fourth-order valence-corrected chi connectivity index (χ4v) is 3.66. The minimum atomic E-state index is 0.0326. The summed E-state index contributed by atoms with van der Waals surface area (Å²) >= 11 is 0. The van der Waals surface area contributed by atoms with Crippen LogP contribution >= 0.6 is 0 Å². The molecule has 108 valence electrons. The van der Waals surface area contributed by atoms with E-state index in [1.807, 2.05) is 0 Å². The number of hydrogen-bond donors (Lipinski definition) is 2. The van der Waals surface area contributed by atoms with Crippen molar-refractivity contribution in [2.45, 2.75) is 44.6 Å². The summed E-state index contributed by atoms with van der Waals surface area (Å²) in [7, 11) is 0. The normalized spacial score (nSPS) is 24.5. The van der Waals surface area contributed by atoms with Gasteiger partial charge in [-0.05, 0) is 31.6 Å². The van der Waals surface area contributed by atoms with Crippen molar-refractivity contribution in [2.24, 2.45) is 16.8 Å². The Morgan fingerprint density at radius 3 is 2.70 bits per heavy atom. The minimum absolute atomic E-state index is 0.0326. The van der Waals surface area contributed by atoms with Gasteiger partial charge in [-0.3, -0.25) is 0 Å². The Kier molecular flexibility index (Phi) is 3.71. The molecular weight excluding hydrogens is 254 g/mol. The summed E-state index contributed by atoms with van der Waals surface area (Å²) in [5.74, 6) is 1.54. The first-order valence-corrected chi connectivity index (χ1v) is 7.37. The lowest BCUT2D eigenvalue weighted by atomic mass is 9.96.